The minimum absolute atomic E-state index is 0.567. The first-order valence-electron chi connectivity index (χ1n) is 3.83. The molecule has 0 saturated heterocycles. The Morgan fingerprint density at radius 1 is 1.29 bits per heavy atom. The van der Waals surface area contributed by atoms with Gasteiger partial charge in [0.2, 0.25) is 0 Å². The molecule has 0 aliphatic heterocycles. The Kier molecular flexibility index (Phi) is 2.90. The molecule has 1 heterocycles. The average Bonchev–Trinajstić information content (AvgIpc) is 2.56. The molecule has 0 amide bonds. The van der Waals surface area contributed by atoms with Crippen LogP contribution in [0.2, 0.25) is 0 Å². The lowest BCUT2D eigenvalue weighted by Gasteiger charge is -2.00. The van der Waals surface area contributed by atoms with Crippen LogP contribution in [0, 0.1) is 0 Å². The maximum Gasteiger partial charge on any atom is 0.135 e. The quantitative estimate of drug-likeness (QED) is 0.859. The van der Waals surface area contributed by atoms with Crippen molar-refractivity contribution in [1.29, 1.82) is 0 Å². The predicted octanol–water partition coefficient (Wildman–Crippen LogP) is 3.92. The monoisotopic (exact) mass is 332 g/mol. The van der Waals surface area contributed by atoms with E-state index in [1.807, 2.05) is 23.6 Å². The van der Waals surface area contributed by atoms with Gasteiger partial charge in [0.15, 0.2) is 0 Å². The van der Waals surface area contributed by atoms with E-state index in [0.717, 1.165) is 19.5 Å². The Balaban J connectivity index is 2.55. The second-order valence-electron chi connectivity index (χ2n) is 2.70. The summed E-state index contributed by atoms with van der Waals surface area (Å²) in [6.45, 7) is 0. The molecular weight excluding hydrogens is 328 g/mol. The summed E-state index contributed by atoms with van der Waals surface area (Å²) in [5, 5.41) is 2.76. The summed E-state index contributed by atoms with van der Waals surface area (Å²) in [6.07, 6.45) is 0. The van der Waals surface area contributed by atoms with Crippen molar-refractivity contribution >= 4 is 49.0 Å². The van der Waals surface area contributed by atoms with E-state index >= 15 is 0 Å². The molecule has 2 nitrogen and oxygen atoms in total. The number of anilines is 1. The highest BCUT2D eigenvalue weighted by molar-refractivity contribution is 9.11. The van der Waals surface area contributed by atoms with E-state index in [0.29, 0.717) is 5.82 Å². The molecule has 1 aromatic carbocycles. The molecule has 72 valence electrons. The van der Waals surface area contributed by atoms with Crippen molar-refractivity contribution < 1.29 is 0 Å². The minimum atomic E-state index is 0.567. The minimum Gasteiger partial charge on any atom is -0.383 e. The lowest BCUT2D eigenvalue weighted by Crippen LogP contribution is -1.84. The van der Waals surface area contributed by atoms with Gasteiger partial charge in [0.1, 0.15) is 10.8 Å². The lowest BCUT2D eigenvalue weighted by molar-refractivity contribution is 1.41. The van der Waals surface area contributed by atoms with Gasteiger partial charge in [0.25, 0.3) is 0 Å². The molecule has 5 heteroatoms. The fourth-order valence-electron chi connectivity index (χ4n) is 1.07. The molecule has 0 bridgehead atoms. The van der Waals surface area contributed by atoms with Gasteiger partial charge in [-0.3, -0.25) is 0 Å². The summed E-state index contributed by atoms with van der Waals surface area (Å²) in [4.78, 5) is 4.23. The van der Waals surface area contributed by atoms with Crippen molar-refractivity contribution in [3.8, 4) is 10.6 Å². The van der Waals surface area contributed by atoms with Crippen LogP contribution in [-0.4, -0.2) is 4.98 Å². The number of thiazole rings is 1. The number of hydrogen-bond donors (Lipinski definition) is 1. The van der Waals surface area contributed by atoms with Gasteiger partial charge in [-0.25, -0.2) is 4.98 Å². The van der Waals surface area contributed by atoms with E-state index < -0.39 is 0 Å². The van der Waals surface area contributed by atoms with E-state index in [-0.39, 0.29) is 0 Å². The molecule has 0 fully saturated rings. The van der Waals surface area contributed by atoms with Gasteiger partial charge in [-0.15, -0.1) is 11.3 Å². The second-order valence-corrected chi connectivity index (χ2v) is 5.33. The first kappa shape index (κ1) is 10.1. The van der Waals surface area contributed by atoms with E-state index in [1.54, 1.807) is 0 Å². The molecule has 14 heavy (non-hydrogen) atoms. The SMILES string of the molecule is Nc1csc(-c2cc(Br)ccc2Br)n1. The Hall–Kier alpha value is -0.390. The predicted molar refractivity (Wildman–Crippen MR) is 67.4 cm³/mol. The summed E-state index contributed by atoms with van der Waals surface area (Å²) < 4.78 is 2.06. The van der Waals surface area contributed by atoms with Gasteiger partial charge in [-0.05, 0) is 18.2 Å². The summed E-state index contributed by atoms with van der Waals surface area (Å²) in [5.74, 6) is 0.567. The Labute approximate surface area is 102 Å². The highest BCUT2D eigenvalue weighted by atomic mass is 79.9. The smallest absolute Gasteiger partial charge is 0.135 e. The number of halogens is 2. The van der Waals surface area contributed by atoms with Crippen LogP contribution < -0.4 is 5.73 Å². The van der Waals surface area contributed by atoms with Crippen LogP contribution >= 0.6 is 43.2 Å². The summed E-state index contributed by atoms with van der Waals surface area (Å²) in [7, 11) is 0. The Bertz CT molecular complexity index is 468. The third-order valence-corrected chi connectivity index (χ3v) is 3.76. The zero-order chi connectivity index (χ0) is 10.1. The van der Waals surface area contributed by atoms with Gasteiger partial charge in [0, 0.05) is 19.9 Å². The molecular formula is C9H6Br2N2S. The van der Waals surface area contributed by atoms with Crippen molar-refractivity contribution in [2.75, 3.05) is 5.73 Å². The molecule has 0 spiro atoms. The van der Waals surface area contributed by atoms with E-state index in [2.05, 4.69) is 36.8 Å². The number of nitrogens with two attached hydrogens (primary N) is 1. The van der Waals surface area contributed by atoms with Crippen LogP contribution in [0.1, 0.15) is 0 Å². The number of rotatable bonds is 1. The molecule has 2 rings (SSSR count). The van der Waals surface area contributed by atoms with Crippen molar-refractivity contribution in [2.45, 2.75) is 0 Å². The molecule has 0 saturated carbocycles. The molecule has 0 atom stereocenters. The number of benzene rings is 1. The topological polar surface area (TPSA) is 38.9 Å². The summed E-state index contributed by atoms with van der Waals surface area (Å²) >= 11 is 8.45. The Morgan fingerprint density at radius 2 is 2.07 bits per heavy atom. The van der Waals surface area contributed by atoms with Gasteiger partial charge >= 0.3 is 0 Å². The van der Waals surface area contributed by atoms with Crippen molar-refractivity contribution in [3.05, 3.63) is 32.5 Å². The van der Waals surface area contributed by atoms with Gasteiger partial charge < -0.3 is 5.73 Å². The van der Waals surface area contributed by atoms with Gasteiger partial charge in [0.05, 0.1) is 0 Å². The van der Waals surface area contributed by atoms with Crippen LogP contribution in [0.3, 0.4) is 0 Å². The summed E-state index contributed by atoms with van der Waals surface area (Å²) in [5.41, 5.74) is 6.63. The van der Waals surface area contributed by atoms with Crippen LogP contribution in [-0.2, 0) is 0 Å². The van der Waals surface area contributed by atoms with E-state index in [1.165, 1.54) is 11.3 Å². The van der Waals surface area contributed by atoms with Crippen LogP contribution in [0.25, 0.3) is 10.6 Å². The number of aromatic nitrogens is 1. The average molecular weight is 334 g/mol. The largest absolute Gasteiger partial charge is 0.383 e. The molecule has 0 aliphatic rings. The summed E-state index contributed by atoms with van der Waals surface area (Å²) in [6, 6.07) is 5.98. The normalized spacial score (nSPS) is 10.4. The van der Waals surface area contributed by atoms with Crippen LogP contribution in [0.4, 0.5) is 5.82 Å². The molecule has 2 N–H and O–H groups in total. The molecule has 0 aliphatic carbocycles. The van der Waals surface area contributed by atoms with Crippen molar-refractivity contribution in [2.24, 2.45) is 0 Å². The first-order valence-corrected chi connectivity index (χ1v) is 6.30. The highest BCUT2D eigenvalue weighted by Crippen LogP contribution is 2.33. The van der Waals surface area contributed by atoms with Gasteiger partial charge in [-0.2, -0.15) is 0 Å². The molecule has 0 unspecified atom stereocenters. The van der Waals surface area contributed by atoms with Gasteiger partial charge in [-0.1, -0.05) is 31.9 Å². The maximum absolute atomic E-state index is 5.58. The number of nitrogen functional groups attached to an aromatic ring is 1. The highest BCUT2D eigenvalue weighted by Gasteiger charge is 2.07. The fourth-order valence-corrected chi connectivity index (χ4v) is 2.74. The molecule has 1 aromatic heterocycles. The fraction of sp³-hybridized carbons (Fsp3) is 0. The lowest BCUT2D eigenvalue weighted by atomic mass is 10.2. The standard InChI is InChI=1S/C9H6Br2N2S/c10-5-1-2-7(11)6(3-5)9-13-8(12)4-14-9/h1-4H,12H2. The molecule has 0 radical (unpaired) electrons. The Morgan fingerprint density at radius 3 is 2.71 bits per heavy atom. The second kappa shape index (κ2) is 4.00. The number of hydrogen-bond acceptors (Lipinski definition) is 3. The van der Waals surface area contributed by atoms with Crippen LogP contribution in [0.15, 0.2) is 32.5 Å². The number of nitrogens with zero attached hydrogens (tertiary/aromatic N) is 1. The van der Waals surface area contributed by atoms with Crippen molar-refractivity contribution in [3.63, 3.8) is 0 Å². The van der Waals surface area contributed by atoms with E-state index in [9.17, 15) is 0 Å². The maximum atomic E-state index is 5.58. The molecule has 2 aromatic rings. The van der Waals surface area contributed by atoms with Crippen LogP contribution in [0.5, 0.6) is 0 Å². The third kappa shape index (κ3) is 1.99. The van der Waals surface area contributed by atoms with E-state index in [4.69, 9.17) is 5.73 Å². The third-order valence-electron chi connectivity index (χ3n) is 1.68. The van der Waals surface area contributed by atoms with Crippen molar-refractivity contribution in [1.82, 2.24) is 4.98 Å². The zero-order valence-electron chi connectivity index (χ0n) is 7.00. The first-order chi connectivity index (χ1) is 6.66. The zero-order valence-corrected chi connectivity index (χ0v) is 11.0.